The summed E-state index contributed by atoms with van der Waals surface area (Å²) in [5, 5.41) is 4.96. The van der Waals surface area contributed by atoms with Crippen LogP contribution in [0.25, 0.3) is 0 Å². The Kier molecular flexibility index (Phi) is 7.26. The van der Waals surface area contributed by atoms with Crippen LogP contribution in [0.4, 0.5) is 4.79 Å². The summed E-state index contributed by atoms with van der Waals surface area (Å²) in [6, 6.07) is 9.17. The number of amides is 3. The van der Waals surface area contributed by atoms with Crippen molar-refractivity contribution in [2.24, 2.45) is 0 Å². The van der Waals surface area contributed by atoms with Gasteiger partial charge < -0.3 is 10.1 Å². The number of urea groups is 1. The molecular formula is C18H24N2O4. The van der Waals surface area contributed by atoms with Crippen LogP contribution in [-0.4, -0.2) is 30.6 Å². The molecule has 0 aromatic heterocycles. The molecule has 6 heteroatoms. The molecule has 2 N–H and O–H groups in total. The minimum atomic E-state index is -0.614. The van der Waals surface area contributed by atoms with Crippen molar-refractivity contribution in [2.75, 3.05) is 6.61 Å². The predicted octanol–water partition coefficient (Wildman–Crippen LogP) is 2.32. The molecule has 1 fully saturated rings. The molecule has 1 saturated carbocycles. The summed E-state index contributed by atoms with van der Waals surface area (Å²) in [7, 11) is 0. The van der Waals surface area contributed by atoms with Gasteiger partial charge in [0.05, 0.1) is 0 Å². The molecule has 0 bridgehead atoms. The Hall–Kier alpha value is -2.37. The molecule has 1 aliphatic rings. The lowest BCUT2D eigenvalue weighted by atomic mass is 9.96. The van der Waals surface area contributed by atoms with Gasteiger partial charge in [0.15, 0.2) is 6.61 Å². The minimum absolute atomic E-state index is 0.125. The van der Waals surface area contributed by atoms with Gasteiger partial charge in [0.1, 0.15) is 0 Å². The van der Waals surface area contributed by atoms with E-state index >= 15 is 0 Å². The summed E-state index contributed by atoms with van der Waals surface area (Å²) >= 11 is 0. The van der Waals surface area contributed by atoms with Crippen LogP contribution < -0.4 is 10.6 Å². The molecule has 24 heavy (non-hydrogen) atoms. The van der Waals surface area contributed by atoms with E-state index in [0.29, 0.717) is 6.42 Å². The molecule has 0 heterocycles. The zero-order valence-electron chi connectivity index (χ0n) is 13.8. The third-order valence-corrected chi connectivity index (χ3v) is 4.02. The van der Waals surface area contributed by atoms with Crippen LogP contribution in [0.5, 0.6) is 0 Å². The number of hydrogen-bond donors (Lipinski definition) is 2. The van der Waals surface area contributed by atoms with Gasteiger partial charge in [-0.1, -0.05) is 49.6 Å². The maximum absolute atomic E-state index is 11.7. The van der Waals surface area contributed by atoms with Crippen LogP contribution in [0.3, 0.4) is 0 Å². The summed E-state index contributed by atoms with van der Waals surface area (Å²) < 4.78 is 4.89. The monoisotopic (exact) mass is 332 g/mol. The Morgan fingerprint density at radius 2 is 1.75 bits per heavy atom. The van der Waals surface area contributed by atoms with Crippen molar-refractivity contribution >= 4 is 17.9 Å². The molecule has 1 aliphatic carbocycles. The first kappa shape index (κ1) is 18.0. The fourth-order valence-corrected chi connectivity index (χ4v) is 2.74. The zero-order chi connectivity index (χ0) is 17.2. The van der Waals surface area contributed by atoms with Gasteiger partial charge in [0.2, 0.25) is 0 Å². The van der Waals surface area contributed by atoms with Crippen molar-refractivity contribution in [1.29, 1.82) is 0 Å². The maximum Gasteiger partial charge on any atom is 0.321 e. The normalized spacial score (nSPS) is 14.7. The van der Waals surface area contributed by atoms with Gasteiger partial charge in [-0.3, -0.25) is 14.9 Å². The van der Waals surface area contributed by atoms with Crippen LogP contribution in [0, 0.1) is 0 Å². The molecule has 0 spiro atoms. The second-order valence-corrected chi connectivity index (χ2v) is 6.00. The Labute approximate surface area is 142 Å². The van der Waals surface area contributed by atoms with E-state index in [2.05, 4.69) is 10.6 Å². The van der Waals surface area contributed by atoms with E-state index < -0.39 is 24.5 Å². The van der Waals surface area contributed by atoms with Gasteiger partial charge in [-0.05, 0) is 24.8 Å². The van der Waals surface area contributed by atoms with E-state index in [4.69, 9.17) is 4.74 Å². The molecule has 0 radical (unpaired) electrons. The molecule has 1 aromatic carbocycles. The highest BCUT2D eigenvalue weighted by molar-refractivity contribution is 5.95. The van der Waals surface area contributed by atoms with E-state index in [9.17, 15) is 14.4 Å². The first-order chi connectivity index (χ1) is 11.6. The molecular weight excluding hydrogens is 308 g/mol. The van der Waals surface area contributed by atoms with Gasteiger partial charge in [0, 0.05) is 12.5 Å². The highest BCUT2D eigenvalue weighted by Gasteiger charge is 2.17. The van der Waals surface area contributed by atoms with Crippen molar-refractivity contribution in [3.8, 4) is 0 Å². The number of ether oxygens (including phenoxy) is 1. The van der Waals surface area contributed by atoms with Gasteiger partial charge in [-0.2, -0.15) is 0 Å². The number of imide groups is 1. The number of hydrogen-bond acceptors (Lipinski definition) is 4. The molecule has 0 aliphatic heterocycles. The number of nitrogens with one attached hydrogen (secondary N) is 2. The minimum Gasteiger partial charge on any atom is -0.456 e. The number of carbonyl (C=O) groups excluding carboxylic acids is 3. The number of aryl methyl sites for hydroxylation is 1. The fourth-order valence-electron chi connectivity index (χ4n) is 2.74. The van der Waals surface area contributed by atoms with E-state index in [1.54, 1.807) is 0 Å². The van der Waals surface area contributed by atoms with Crippen molar-refractivity contribution in [2.45, 2.75) is 51.0 Å². The zero-order valence-corrected chi connectivity index (χ0v) is 13.8. The van der Waals surface area contributed by atoms with Gasteiger partial charge in [0.25, 0.3) is 5.91 Å². The second-order valence-electron chi connectivity index (χ2n) is 6.00. The lowest BCUT2D eigenvalue weighted by Crippen LogP contribution is -2.46. The third-order valence-electron chi connectivity index (χ3n) is 4.02. The molecule has 0 unspecified atom stereocenters. The van der Waals surface area contributed by atoms with Crippen LogP contribution in [0.2, 0.25) is 0 Å². The van der Waals surface area contributed by atoms with Crippen molar-refractivity contribution < 1.29 is 19.1 Å². The van der Waals surface area contributed by atoms with Crippen molar-refractivity contribution in [3.05, 3.63) is 35.9 Å². The topological polar surface area (TPSA) is 84.5 Å². The van der Waals surface area contributed by atoms with Gasteiger partial charge >= 0.3 is 12.0 Å². The van der Waals surface area contributed by atoms with Crippen LogP contribution in [0.15, 0.2) is 30.3 Å². The standard InChI is InChI=1S/C18H24N2O4/c21-16(20-18(23)19-15-9-5-2-6-10-15)13-24-17(22)12-11-14-7-3-1-4-8-14/h1,3-4,7-8,15H,2,5-6,9-13H2,(H2,19,20,21,23). The van der Waals surface area contributed by atoms with E-state index in [0.717, 1.165) is 31.2 Å². The van der Waals surface area contributed by atoms with Gasteiger partial charge in [-0.25, -0.2) is 4.79 Å². The molecule has 0 atom stereocenters. The summed E-state index contributed by atoms with van der Waals surface area (Å²) in [5.41, 5.74) is 1.03. The fraction of sp³-hybridized carbons (Fsp3) is 0.500. The average Bonchev–Trinajstić information content (AvgIpc) is 2.60. The van der Waals surface area contributed by atoms with Crippen LogP contribution in [-0.2, 0) is 20.7 Å². The Morgan fingerprint density at radius 1 is 1.04 bits per heavy atom. The third kappa shape index (κ3) is 6.81. The van der Waals surface area contributed by atoms with Crippen molar-refractivity contribution in [3.63, 3.8) is 0 Å². The van der Waals surface area contributed by atoms with E-state index in [1.165, 1.54) is 6.42 Å². The Balaban J connectivity index is 1.59. The first-order valence-electron chi connectivity index (χ1n) is 8.43. The molecule has 0 saturated heterocycles. The largest absolute Gasteiger partial charge is 0.456 e. The molecule has 3 amide bonds. The predicted molar refractivity (Wildman–Crippen MR) is 89.3 cm³/mol. The van der Waals surface area contributed by atoms with E-state index in [-0.39, 0.29) is 12.5 Å². The average molecular weight is 332 g/mol. The molecule has 6 nitrogen and oxygen atoms in total. The van der Waals surface area contributed by atoms with Crippen molar-refractivity contribution in [1.82, 2.24) is 10.6 Å². The second kappa shape index (κ2) is 9.70. The lowest BCUT2D eigenvalue weighted by Gasteiger charge is -2.22. The lowest BCUT2D eigenvalue weighted by molar-refractivity contribution is -0.148. The highest BCUT2D eigenvalue weighted by atomic mass is 16.5. The maximum atomic E-state index is 11.7. The van der Waals surface area contributed by atoms with E-state index in [1.807, 2.05) is 30.3 Å². The molecule has 130 valence electrons. The number of rotatable bonds is 6. The first-order valence-corrected chi connectivity index (χ1v) is 8.43. The SMILES string of the molecule is O=C(COC(=O)CCc1ccccc1)NC(=O)NC1CCCCC1. The number of esters is 1. The van der Waals surface area contributed by atoms with Crippen LogP contribution in [0.1, 0.15) is 44.1 Å². The molecule has 1 aromatic rings. The highest BCUT2D eigenvalue weighted by Crippen LogP contribution is 2.17. The smallest absolute Gasteiger partial charge is 0.321 e. The Morgan fingerprint density at radius 3 is 2.46 bits per heavy atom. The number of benzene rings is 1. The summed E-state index contributed by atoms with van der Waals surface area (Å²) in [6.07, 6.45) is 6.02. The van der Waals surface area contributed by atoms with Gasteiger partial charge in [-0.15, -0.1) is 0 Å². The summed E-state index contributed by atoms with van der Waals surface area (Å²) in [5.74, 6) is -1.07. The summed E-state index contributed by atoms with van der Waals surface area (Å²) in [6.45, 7) is -0.439. The van der Waals surface area contributed by atoms with Crippen LogP contribution >= 0.6 is 0 Å². The number of carbonyl (C=O) groups is 3. The summed E-state index contributed by atoms with van der Waals surface area (Å²) in [4.78, 5) is 34.9. The quantitative estimate of drug-likeness (QED) is 0.783. The Bertz CT molecular complexity index is 553. The molecule has 2 rings (SSSR count).